The molecule has 10 heavy (non-hydrogen) atoms. The summed E-state index contributed by atoms with van der Waals surface area (Å²) in [6.45, 7) is 0. The lowest BCUT2D eigenvalue weighted by molar-refractivity contribution is -0.115. The molecule has 0 saturated carbocycles. The van der Waals surface area contributed by atoms with Gasteiger partial charge >= 0.3 is 0 Å². The highest BCUT2D eigenvalue weighted by molar-refractivity contribution is 6.47. The molecule has 0 fully saturated rings. The maximum atomic E-state index is 12.2. The van der Waals surface area contributed by atoms with Crippen LogP contribution in [0.1, 0.15) is 0 Å². The lowest BCUT2D eigenvalue weighted by Gasteiger charge is -1.98. The normalized spacial score (nSPS) is 18.6. The zero-order valence-electron chi connectivity index (χ0n) is 4.73. The molecule has 0 bridgehead atoms. The van der Waals surface area contributed by atoms with Crippen LogP contribution >= 0.6 is 11.6 Å². The fourth-order valence-electron chi connectivity index (χ4n) is 0.510. The van der Waals surface area contributed by atoms with Crippen LogP contribution < -0.4 is 0 Å². The highest BCUT2D eigenvalue weighted by Gasteiger charge is 2.17. The van der Waals surface area contributed by atoms with E-state index in [1.807, 2.05) is 0 Å². The largest absolute Gasteiger partial charge is 0.288 e. The summed E-state index contributed by atoms with van der Waals surface area (Å²) in [5.41, 5.74) is 0. The summed E-state index contributed by atoms with van der Waals surface area (Å²) in [4.78, 5) is 20.9. The minimum Gasteiger partial charge on any atom is -0.288 e. The highest BCUT2D eigenvalue weighted by Crippen LogP contribution is 2.14. The van der Waals surface area contributed by atoms with Crippen LogP contribution in [-0.4, -0.2) is 11.6 Å². The molecule has 0 saturated heterocycles. The molecular weight excluding hydrogens is 159 g/mol. The fraction of sp³-hybridized carbons (Fsp3) is 0. The standard InChI is InChI=1S/C6H2ClFO2/c7-3-1-6(10)4(8)2-5(3)9/h1-2H. The van der Waals surface area contributed by atoms with E-state index >= 15 is 0 Å². The Morgan fingerprint density at radius 3 is 2.30 bits per heavy atom. The SMILES string of the molecule is O=C1C=C(Cl)C(=O)C=C1F. The summed E-state index contributed by atoms with van der Waals surface area (Å²) in [7, 11) is 0. The number of hydrogen-bond donors (Lipinski definition) is 0. The van der Waals surface area contributed by atoms with Crippen molar-refractivity contribution in [1.29, 1.82) is 0 Å². The molecule has 0 spiro atoms. The topological polar surface area (TPSA) is 34.1 Å². The molecule has 0 aromatic rings. The number of carbonyl (C=O) groups is 2. The van der Waals surface area contributed by atoms with E-state index in [0.717, 1.165) is 6.08 Å². The molecule has 1 aliphatic rings. The second kappa shape index (κ2) is 2.34. The van der Waals surface area contributed by atoms with E-state index in [9.17, 15) is 14.0 Å². The van der Waals surface area contributed by atoms with Crippen LogP contribution in [0.3, 0.4) is 0 Å². The van der Waals surface area contributed by atoms with Gasteiger partial charge in [-0.1, -0.05) is 11.6 Å². The molecule has 0 aromatic heterocycles. The quantitative estimate of drug-likeness (QED) is 0.498. The van der Waals surface area contributed by atoms with Crippen molar-refractivity contribution in [3.63, 3.8) is 0 Å². The Kier molecular flexibility index (Phi) is 1.68. The van der Waals surface area contributed by atoms with E-state index < -0.39 is 17.4 Å². The predicted octanol–water partition coefficient (Wildman–Crippen LogP) is 1.11. The molecular formula is C6H2ClFO2. The lowest BCUT2D eigenvalue weighted by Crippen LogP contribution is -2.07. The summed E-state index contributed by atoms with van der Waals surface area (Å²) < 4.78 is 12.2. The minimum atomic E-state index is -1.06. The van der Waals surface area contributed by atoms with Crippen LogP contribution in [0, 0.1) is 0 Å². The van der Waals surface area contributed by atoms with Gasteiger partial charge in [-0.25, -0.2) is 4.39 Å². The molecule has 0 N–H and O–H groups in total. The van der Waals surface area contributed by atoms with Crippen LogP contribution in [0.4, 0.5) is 4.39 Å². The maximum absolute atomic E-state index is 12.2. The maximum Gasteiger partial charge on any atom is 0.215 e. The predicted molar refractivity (Wildman–Crippen MR) is 33.1 cm³/mol. The van der Waals surface area contributed by atoms with Crippen molar-refractivity contribution in [2.75, 3.05) is 0 Å². The Hall–Kier alpha value is -0.960. The fourth-order valence-corrected chi connectivity index (χ4v) is 0.664. The van der Waals surface area contributed by atoms with Crippen LogP contribution in [-0.2, 0) is 9.59 Å². The number of ketones is 2. The number of rotatable bonds is 0. The van der Waals surface area contributed by atoms with Crippen molar-refractivity contribution in [2.24, 2.45) is 0 Å². The van der Waals surface area contributed by atoms with E-state index in [-0.39, 0.29) is 5.03 Å². The molecule has 0 aromatic carbocycles. The van der Waals surface area contributed by atoms with E-state index in [0.29, 0.717) is 6.08 Å². The second-order valence-electron chi connectivity index (χ2n) is 1.71. The number of hydrogen-bond acceptors (Lipinski definition) is 2. The first-order valence-corrected chi connectivity index (χ1v) is 2.82. The summed E-state index contributed by atoms with van der Waals surface area (Å²) in [6.07, 6.45) is 1.34. The molecule has 0 atom stereocenters. The average molecular weight is 161 g/mol. The third-order valence-electron chi connectivity index (χ3n) is 0.986. The first kappa shape index (κ1) is 7.15. The second-order valence-corrected chi connectivity index (χ2v) is 2.12. The molecule has 0 aliphatic heterocycles. The zero-order chi connectivity index (χ0) is 7.72. The van der Waals surface area contributed by atoms with Gasteiger partial charge in [0.15, 0.2) is 11.6 Å². The molecule has 0 amide bonds. The third kappa shape index (κ3) is 1.14. The Bertz CT molecular complexity index is 237. The van der Waals surface area contributed by atoms with Crippen molar-refractivity contribution in [1.82, 2.24) is 0 Å². The first-order valence-electron chi connectivity index (χ1n) is 2.44. The first-order chi connectivity index (χ1) is 4.61. The van der Waals surface area contributed by atoms with Gasteiger partial charge in [0, 0.05) is 12.2 Å². The van der Waals surface area contributed by atoms with Gasteiger partial charge in [0.25, 0.3) is 0 Å². The van der Waals surface area contributed by atoms with Crippen LogP contribution in [0.2, 0.25) is 0 Å². The van der Waals surface area contributed by atoms with E-state index in [2.05, 4.69) is 0 Å². The van der Waals surface area contributed by atoms with Gasteiger partial charge in [-0.05, 0) is 0 Å². The van der Waals surface area contributed by atoms with Crippen molar-refractivity contribution >= 4 is 23.2 Å². The van der Waals surface area contributed by atoms with Gasteiger partial charge in [0.1, 0.15) is 0 Å². The summed E-state index contributed by atoms with van der Waals surface area (Å²) >= 11 is 5.21. The molecule has 1 aliphatic carbocycles. The Morgan fingerprint density at radius 2 is 1.80 bits per heavy atom. The number of allylic oxidation sites excluding steroid dienone is 4. The zero-order valence-corrected chi connectivity index (χ0v) is 5.48. The van der Waals surface area contributed by atoms with Gasteiger partial charge in [-0.15, -0.1) is 0 Å². The molecule has 2 nitrogen and oxygen atoms in total. The van der Waals surface area contributed by atoms with E-state index in [1.54, 1.807) is 0 Å². The summed E-state index contributed by atoms with van der Waals surface area (Å²) in [6, 6.07) is 0. The Labute approximate surface area is 61.0 Å². The molecule has 4 heteroatoms. The van der Waals surface area contributed by atoms with Crippen molar-refractivity contribution in [3.05, 3.63) is 23.0 Å². The van der Waals surface area contributed by atoms with Gasteiger partial charge in [-0.2, -0.15) is 0 Å². The van der Waals surface area contributed by atoms with Crippen LogP contribution in [0.25, 0.3) is 0 Å². The molecule has 1 rings (SSSR count). The van der Waals surface area contributed by atoms with Gasteiger partial charge in [0.2, 0.25) is 5.78 Å². The third-order valence-corrected chi connectivity index (χ3v) is 1.28. The van der Waals surface area contributed by atoms with Gasteiger partial charge in [0.05, 0.1) is 5.03 Å². The highest BCUT2D eigenvalue weighted by atomic mass is 35.5. The molecule has 0 radical (unpaired) electrons. The molecule has 52 valence electrons. The molecule has 0 heterocycles. The average Bonchev–Trinajstić information content (AvgIpc) is 1.84. The Morgan fingerprint density at radius 1 is 1.20 bits per heavy atom. The smallest absolute Gasteiger partial charge is 0.215 e. The van der Waals surface area contributed by atoms with E-state index in [4.69, 9.17) is 11.6 Å². The van der Waals surface area contributed by atoms with Crippen LogP contribution in [0.5, 0.6) is 0 Å². The summed E-state index contributed by atoms with van der Waals surface area (Å²) in [5, 5.41) is -0.244. The lowest BCUT2D eigenvalue weighted by atomic mass is 10.1. The van der Waals surface area contributed by atoms with Crippen molar-refractivity contribution < 1.29 is 14.0 Å². The summed E-state index contributed by atoms with van der Waals surface area (Å²) in [5.74, 6) is -2.59. The monoisotopic (exact) mass is 160 g/mol. The minimum absolute atomic E-state index is 0.244. The van der Waals surface area contributed by atoms with Crippen molar-refractivity contribution in [3.8, 4) is 0 Å². The van der Waals surface area contributed by atoms with Gasteiger partial charge in [-0.3, -0.25) is 9.59 Å². The van der Waals surface area contributed by atoms with Gasteiger partial charge < -0.3 is 0 Å². The number of carbonyl (C=O) groups excluding carboxylic acids is 2. The van der Waals surface area contributed by atoms with Crippen LogP contribution in [0.15, 0.2) is 23.0 Å². The van der Waals surface area contributed by atoms with Crippen molar-refractivity contribution in [2.45, 2.75) is 0 Å². The molecule has 0 unspecified atom stereocenters. The van der Waals surface area contributed by atoms with E-state index in [1.165, 1.54) is 0 Å². The Balaban J connectivity index is 3.03. The number of halogens is 2.